The largest absolute Gasteiger partial charge is 0.290 e. The summed E-state index contributed by atoms with van der Waals surface area (Å²) in [5, 5.41) is 0. The fraction of sp³-hybridized carbons (Fsp3) is 0.407. The van der Waals surface area contributed by atoms with Crippen LogP contribution in [-0.2, 0) is 24.3 Å². The second-order valence-corrected chi connectivity index (χ2v) is 9.18. The van der Waals surface area contributed by atoms with Gasteiger partial charge in [0.15, 0.2) is 0 Å². The van der Waals surface area contributed by atoms with E-state index in [0.29, 0.717) is 19.4 Å². The predicted molar refractivity (Wildman–Crippen MR) is 129 cm³/mol. The van der Waals surface area contributed by atoms with Crippen molar-refractivity contribution in [3.63, 3.8) is 0 Å². The third kappa shape index (κ3) is 4.53. The summed E-state index contributed by atoms with van der Waals surface area (Å²) >= 11 is 0. The van der Waals surface area contributed by atoms with Gasteiger partial charge in [0.2, 0.25) is 5.91 Å². The van der Waals surface area contributed by atoms with Crippen molar-refractivity contribution in [2.24, 2.45) is 0 Å². The van der Waals surface area contributed by atoms with E-state index in [9.17, 15) is 4.79 Å². The number of likely N-dealkylation sites (tertiary alicyclic amines) is 1. The van der Waals surface area contributed by atoms with Crippen molar-refractivity contribution in [3.05, 3.63) is 82.6 Å². The number of pyridine rings is 1. The van der Waals surface area contributed by atoms with Crippen LogP contribution in [0.1, 0.15) is 65.6 Å². The lowest BCUT2D eigenvalue weighted by Crippen LogP contribution is -2.38. The Bertz CT molecular complexity index is 1150. The molecule has 0 saturated carbocycles. The predicted octanol–water partition coefficient (Wildman–Crippen LogP) is 4.70. The summed E-state index contributed by atoms with van der Waals surface area (Å²) in [5.74, 6) is 1.73. The molecule has 6 nitrogen and oxygen atoms in total. The Morgan fingerprint density at radius 3 is 2.64 bits per heavy atom. The van der Waals surface area contributed by atoms with E-state index in [2.05, 4.69) is 48.0 Å². The summed E-state index contributed by atoms with van der Waals surface area (Å²) in [7, 11) is 0. The average molecular weight is 442 g/mol. The summed E-state index contributed by atoms with van der Waals surface area (Å²) in [5.41, 5.74) is 5.63. The van der Waals surface area contributed by atoms with Gasteiger partial charge in [0, 0.05) is 30.4 Å². The topological polar surface area (TPSA) is 62.2 Å². The molecule has 1 fully saturated rings. The number of rotatable bonds is 5. The van der Waals surface area contributed by atoms with E-state index in [1.54, 1.807) is 6.20 Å². The molecule has 170 valence electrons. The molecule has 4 heterocycles. The fourth-order valence-corrected chi connectivity index (χ4v) is 5.05. The van der Waals surface area contributed by atoms with E-state index in [1.807, 2.05) is 23.1 Å². The molecule has 5 rings (SSSR count). The van der Waals surface area contributed by atoms with Gasteiger partial charge in [-0.15, -0.1) is 0 Å². The van der Waals surface area contributed by atoms with Crippen LogP contribution in [0, 0.1) is 13.8 Å². The van der Waals surface area contributed by atoms with Crippen molar-refractivity contribution < 1.29 is 4.79 Å². The molecule has 3 aromatic rings. The van der Waals surface area contributed by atoms with Crippen molar-refractivity contribution >= 4 is 11.7 Å². The molecular weight excluding hydrogens is 410 g/mol. The molecule has 1 aromatic carbocycles. The number of amides is 1. The van der Waals surface area contributed by atoms with Crippen LogP contribution in [0.3, 0.4) is 0 Å². The van der Waals surface area contributed by atoms with Crippen molar-refractivity contribution in [3.8, 4) is 0 Å². The maximum atomic E-state index is 12.9. The van der Waals surface area contributed by atoms with Crippen LogP contribution in [0.5, 0.6) is 0 Å². The average Bonchev–Trinajstić information content (AvgIpc) is 2.83. The molecule has 0 aliphatic carbocycles. The molecule has 0 bridgehead atoms. The first-order valence-corrected chi connectivity index (χ1v) is 12.0. The van der Waals surface area contributed by atoms with E-state index in [0.717, 1.165) is 48.1 Å². The molecule has 2 aliphatic rings. The smallest absolute Gasteiger partial charge is 0.228 e. The molecule has 1 saturated heterocycles. The SMILES string of the molecule is Cc1ccccc1CN1CCCC[C@@H]1c1nc(C)c2c(n1)N(Cc1ccccn1)C(=O)CC2. The molecule has 0 radical (unpaired) electrons. The van der Waals surface area contributed by atoms with Crippen LogP contribution in [-0.4, -0.2) is 32.3 Å². The maximum absolute atomic E-state index is 12.9. The van der Waals surface area contributed by atoms with Gasteiger partial charge in [0.25, 0.3) is 0 Å². The number of carbonyl (C=O) groups is 1. The zero-order valence-electron chi connectivity index (χ0n) is 19.5. The number of aryl methyl sites for hydroxylation is 2. The first-order valence-electron chi connectivity index (χ1n) is 12.0. The molecule has 1 amide bonds. The monoisotopic (exact) mass is 441 g/mol. The lowest BCUT2D eigenvalue weighted by molar-refractivity contribution is -0.119. The number of hydrogen-bond donors (Lipinski definition) is 0. The Morgan fingerprint density at radius 1 is 0.970 bits per heavy atom. The standard InChI is InChI=1S/C27H31N5O/c1-19-9-3-4-10-21(19)17-31-16-8-6-12-24(31)26-29-20(2)23-13-14-25(33)32(27(23)30-26)18-22-11-5-7-15-28-22/h3-5,7,9-11,15,24H,6,8,12-14,16-18H2,1-2H3/t24-/m1/s1. The molecule has 0 unspecified atom stereocenters. The lowest BCUT2D eigenvalue weighted by atomic mass is 9.98. The van der Waals surface area contributed by atoms with Crippen LogP contribution < -0.4 is 4.90 Å². The van der Waals surface area contributed by atoms with Crippen LogP contribution in [0.4, 0.5) is 5.82 Å². The lowest BCUT2D eigenvalue weighted by Gasteiger charge is -2.36. The highest BCUT2D eigenvalue weighted by Gasteiger charge is 2.32. The minimum absolute atomic E-state index is 0.109. The third-order valence-electron chi connectivity index (χ3n) is 6.95. The number of piperidine rings is 1. The quantitative estimate of drug-likeness (QED) is 0.575. The highest BCUT2D eigenvalue weighted by Crippen LogP contribution is 2.35. The van der Waals surface area contributed by atoms with Gasteiger partial charge < -0.3 is 0 Å². The second-order valence-electron chi connectivity index (χ2n) is 9.18. The number of nitrogens with zero attached hydrogens (tertiary/aromatic N) is 5. The molecular formula is C27H31N5O. The number of fused-ring (bicyclic) bond motifs is 1. The van der Waals surface area contributed by atoms with E-state index < -0.39 is 0 Å². The summed E-state index contributed by atoms with van der Waals surface area (Å²) in [6, 6.07) is 14.6. The minimum Gasteiger partial charge on any atom is -0.290 e. The molecule has 0 N–H and O–H groups in total. The van der Waals surface area contributed by atoms with Crippen LogP contribution in [0.15, 0.2) is 48.7 Å². The van der Waals surface area contributed by atoms with Crippen molar-refractivity contribution in [1.29, 1.82) is 0 Å². The molecule has 1 atom stereocenters. The van der Waals surface area contributed by atoms with Crippen LogP contribution in [0.2, 0.25) is 0 Å². The van der Waals surface area contributed by atoms with E-state index in [-0.39, 0.29) is 11.9 Å². The first kappa shape index (κ1) is 21.7. The highest BCUT2D eigenvalue weighted by atomic mass is 16.2. The molecule has 6 heteroatoms. The summed E-state index contributed by atoms with van der Waals surface area (Å²) < 4.78 is 0. The van der Waals surface area contributed by atoms with Crippen molar-refractivity contribution in [1.82, 2.24) is 19.9 Å². The van der Waals surface area contributed by atoms with Gasteiger partial charge in [-0.3, -0.25) is 19.6 Å². The zero-order chi connectivity index (χ0) is 22.8. The third-order valence-corrected chi connectivity index (χ3v) is 6.95. The van der Waals surface area contributed by atoms with Gasteiger partial charge in [0.1, 0.15) is 11.6 Å². The van der Waals surface area contributed by atoms with Crippen LogP contribution in [0.25, 0.3) is 0 Å². The minimum atomic E-state index is 0.109. The Hall–Kier alpha value is -3.12. The normalized spacial score (nSPS) is 18.9. The number of hydrogen-bond acceptors (Lipinski definition) is 5. The number of benzene rings is 1. The first-order chi connectivity index (χ1) is 16.1. The summed E-state index contributed by atoms with van der Waals surface area (Å²) in [6.07, 6.45) is 6.37. The van der Waals surface area contributed by atoms with Crippen molar-refractivity contribution in [2.45, 2.75) is 65.1 Å². The van der Waals surface area contributed by atoms with Gasteiger partial charge in [-0.1, -0.05) is 36.8 Å². The molecule has 0 spiro atoms. The van der Waals surface area contributed by atoms with Crippen molar-refractivity contribution in [2.75, 3.05) is 11.4 Å². The Labute approximate surface area is 195 Å². The van der Waals surface area contributed by atoms with E-state index >= 15 is 0 Å². The van der Waals surface area contributed by atoms with Crippen LogP contribution >= 0.6 is 0 Å². The van der Waals surface area contributed by atoms with Gasteiger partial charge in [-0.25, -0.2) is 9.97 Å². The van der Waals surface area contributed by atoms with E-state index in [4.69, 9.17) is 9.97 Å². The Kier molecular flexibility index (Phi) is 6.18. The summed E-state index contributed by atoms with van der Waals surface area (Å²) in [4.78, 5) is 31.7. The zero-order valence-corrected chi connectivity index (χ0v) is 19.5. The van der Waals surface area contributed by atoms with Gasteiger partial charge in [-0.05, 0) is 62.9 Å². The van der Waals surface area contributed by atoms with E-state index in [1.165, 1.54) is 24.0 Å². The van der Waals surface area contributed by atoms with Gasteiger partial charge in [-0.2, -0.15) is 0 Å². The highest BCUT2D eigenvalue weighted by molar-refractivity contribution is 5.95. The Morgan fingerprint density at radius 2 is 1.82 bits per heavy atom. The van der Waals surface area contributed by atoms with Gasteiger partial charge in [0.05, 0.1) is 18.3 Å². The number of carbonyl (C=O) groups excluding carboxylic acids is 1. The number of anilines is 1. The number of aromatic nitrogens is 3. The maximum Gasteiger partial charge on any atom is 0.228 e. The fourth-order valence-electron chi connectivity index (χ4n) is 5.05. The molecule has 2 aromatic heterocycles. The Balaban J connectivity index is 1.49. The molecule has 2 aliphatic heterocycles. The second kappa shape index (κ2) is 9.40. The summed E-state index contributed by atoms with van der Waals surface area (Å²) in [6.45, 7) is 6.62. The molecule has 33 heavy (non-hydrogen) atoms. The van der Waals surface area contributed by atoms with Gasteiger partial charge >= 0.3 is 0 Å².